The van der Waals surface area contributed by atoms with E-state index in [2.05, 4.69) is 49.4 Å². The Kier molecular flexibility index (Phi) is 7.91. The summed E-state index contributed by atoms with van der Waals surface area (Å²) in [4.78, 5) is 28.2. The number of piperazine rings is 1. The molecule has 2 N–H and O–H groups in total. The van der Waals surface area contributed by atoms with Crippen LogP contribution in [0.1, 0.15) is 26.7 Å². The van der Waals surface area contributed by atoms with E-state index in [0.717, 1.165) is 39.1 Å². The fraction of sp³-hybridized carbons (Fsp3) is 0.600. The van der Waals surface area contributed by atoms with Gasteiger partial charge in [0, 0.05) is 44.0 Å². The summed E-state index contributed by atoms with van der Waals surface area (Å²) in [5.74, 6) is -0.338. The third-order valence-electron chi connectivity index (χ3n) is 4.70. The second-order valence-electron chi connectivity index (χ2n) is 7.54. The minimum atomic E-state index is -0.634. The van der Waals surface area contributed by atoms with Gasteiger partial charge < -0.3 is 20.3 Å². The summed E-state index contributed by atoms with van der Waals surface area (Å²) in [6.07, 6.45) is 1.04. The molecule has 1 fully saturated rings. The van der Waals surface area contributed by atoms with Crippen LogP contribution in [0, 0.1) is 0 Å². The third-order valence-corrected chi connectivity index (χ3v) is 4.70. The number of hydrogen-bond donors (Lipinski definition) is 2. The lowest BCUT2D eigenvalue weighted by molar-refractivity contribution is -0.141. The van der Waals surface area contributed by atoms with Crippen LogP contribution in [0.15, 0.2) is 30.3 Å². The number of carbonyl (C=O) groups is 2. The number of methoxy groups -OCH3 is 1. The van der Waals surface area contributed by atoms with Crippen LogP contribution in [0.25, 0.3) is 0 Å². The van der Waals surface area contributed by atoms with Crippen molar-refractivity contribution in [1.82, 2.24) is 15.5 Å². The molecule has 150 valence electrons. The molecule has 1 aliphatic rings. The lowest BCUT2D eigenvalue weighted by Crippen LogP contribution is -2.50. The monoisotopic (exact) mass is 376 g/mol. The summed E-state index contributed by atoms with van der Waals surface area (Å²) < 4.78 is 4.65. The summed E-state index contributed by atoms with van der Waals surface area (Å²) in [7, 11) is 1.35. The number of hydrogen-bond acceptors (Lipinski definition) is 5. The zero-order chi connectivity index (χ0) is 19.7. The summed E-state index contributed by atoms with van der Waals surface area (Å²) in [5, 5.41) is 5.68. The largest absolute Gasteiger partial charge is 0.469 e. The molecule has 0 aliphatic carbocycles. The van der Waals surface area contributed by atoms with Crippen molar-refractivity contribution in [3.8, 4) is 0 Å². The lowest BCUT2D eigenvalue weighted by atomic mass is 10.0. The van der Waals surface area contributed by atoms with Crippen molar-refractivity contribution in [2.24, 2.45) is 0 Å². The first kappa shape index (κ1) is 21.0. The Morgan fingerprint density at radius 3 is 2.41 bits per heavy atom. The van der Waals surface area contributed by atoms with Crippen molar-refractivity contribution in [2.45, 2.75) is 32.2 Å². The molecule has 2 rings (SSSR count). The molecule has 1 heterocycles. The predicted octanol–water partition coefficient (Wildman–Crippen LogP) is 1.84. The fourth-order valence-corrected chi connectivity index (χ4v) is 3.20. The number of benzene rings is 1. The number of amides is 2. The van der Waals surface area contributed by atoms with E-state index in [1.165, 1.54) is 12.8 Å². The van der Waals surface area contributed by atoms with E-state index in [-0.39, 0.29) is 18.4 Å². The van der Waals surface area contributed by atoms with Gasteiger partial charge >= 0.3 is 12.0 Å². The maximum atomic E-state index is 12.0. The Bertz CT molecular complexity index is 599. The van der Waals surface area contributed by atoms with Gasteiger partial charge in [0.15, 0.2) is 0 Å². The van der Waals surface area contributed by atoms with Crippen LogP contribution in [0.2, 0.25) is 0 Å². The number of esters is 1. The number of anilines is 1. The first-order valence-corrected chi connectivity index (χ1v) is 9.55. The van der Waals surface area contributed by atoms with Crippen LogP contribution in [0.4, 0.5) is 10.5 Å². The van der Waals surface area contributed by atoms with Crippen LogP contribution < -0.4 is 15.5 Å². The second-order valence-corrected chi connectivity index (χ2v) is 7.54. The van der Waals surface area contributed by atoms with Crippen molar-refractivity contribution in [3.05, 3.63) is 30.3 Å². The van der Waals surface area contributed by atoms with Gasteiger partial charge in [0.05, 0.1) is 13.5 Å². The molecule has 27 heavy (non-hydrogen) atoms. The van der Waals surface area contributed by atoms with Crippen LogP contribution in [-0.4, -0.2) is 68.8 Å². The van der Waals surface area contributed by atoms with Crippen molar-refractivity contribution in [1.29, 1.82) is 0 Å². The van der Waals surface area contributed by atoms with Crippen molar-refractivity contribution in [2.75, 3.05) is 51.3 Å². The standard InChI is InChI=1S/C20H32N4O3/c1-20(2,16-18(25)27-3)22-19(26)21-10-7-11-23-12-14-24(15-13-23)17-8-5-4-6-9-17/h4-6,8-9H,7,10-16H2,1-3H3,(H2,21,22,26). The molecule has 1 aromatic carbocycles. The SMILES string of the molecule is COC(=O)CC(C)(C)NC(=O)NCCCN1CCN(c2ccccc2)CC1. The Morgan fingerprint density at radius 2 is 1.78 bits per heavy atom. The van der Waals surface area contributed by atoms with E-state index in [0.29, 0.717) is 6.54 Å². The second kappa shape index (κ2) is 10.2. The molecular weight excluding hydrogens is 344 g/mol. The molecule has 0 bridgehead atoms. The molecule has 1 saturated heterocycles. The summed E-state index contributed by atoms with van der Waals surface area (Å²) in [5.41, 5.74) is 0.648. The van der Waals surface area contributed by atoms with Gasteiger partial charge in [-0.05, 0) is 38.9 Å². The number of nitrogens with one attached hydrogen (secondary N) is 2. The molecule has 2 amide bonds. The Morgan fingerprint density at radius 1 is 1.11 bits per heavy atom. The first-order valence-electron chi connectivity index (χ1n) is 9.55. The highest BCUT2D eigenvalue weighted by atomic mass is 16.5. The predicted molar refractivity (Wildman–Crippen MR) is 107 cm³/mol. The zero-order valence-corrected chi connectivity index (χ0v) is 16.7. The number of para-hydroxylation sites is 1. The smallest absolute Gasteiger partial charge is 0.315 e. The molecule has 1 aliphatic heterocycles. The van der Waals surface area contributed by atoms with E-state index >= 15 is 0 Å². The third kappa shape index (κ3) is 7.46. The number of nitrogens with zero attached hydrogens (tertiary/aromatic N) is 2. The van der Waals surface area contributed by atoms with E-state index in [1.54, 1.807) is 13.8 Å². The van der Waals surface area contributed by atoms with Crippen LogP contribution in [0.5, 0.6) is 0 Å². The summed E-state index contributed by atoms with van der Waals surface area (Å²) >= 11 is 0. The molecule has 1 aromatic rings. The molecule has 7 nitrogen and oxygen atoms in total. The van der Waals surface area contributed by atoms with E-state index in [4.69, 9.17) is 0 Å². The minimum Gasteiger partial charge on any atom is -0.469 e. The van der Waals surface area contributed by atoms with Gasteiger partial charge in [0.2, 0.25) is 0 Å². The molecule has 7 heteroatoms. The van der Waals surface area contributed by atoms with Gasteiger partial charge in [-0.2, -0.15) is 0 Å². The van der Waals surface area contributed by atoms with E-state index in [9.17, 15) is 9.59 Å². The molecular formula is C20H32N4O3. The van der Waals surface area contributed by atoms with E-state index in [1.807, 2.05) is 6.07 Å². The van der Waals surface area contributed by atoms with Gasteiger partial charge in [-0.15, -0.1) is 0 Å². The topological polar surface area (TPSA) is 73.9 Å². The number of rotatable bonds is 8. The van der Waals surface area contributed by atoms with Gasteiger partial charge in [0.1, 0.15) is 0 Å². The van der Waals surface area contributed by atoms with E-state index < -0.39 is 5.54 Å². The summed E-state index contributed by atoms with van der Waals surface area (Å²) in [6.45, 7) is 9.30. The molecule has 0 unspecified atom stereocenters. The van der Waals surface area contributed by atoms with Gasteiger partial charge in [-0.3, -0.25) is 9.69 Å². The van der Waals surface area contributed by atoms with Crippen LogP contribution in [-0.2, 0) is 9.53 Å². The molecule has 0 spiro atoms. The average molecular weight is 377 g/mol. The molecule has 0 saturated carbocycles. The summed E-state index contributed by atoms with van der Waals surface area (Å²) in [6, 6.07) is 10.2. The Hall–Kier alpha value is -2.28. The first-order chi connectivity index (χ1) is 12.9. The number of ether oxygens (including phenoxy) is 1. The minimum absolute atomic E-state index is 0.141. The van der Waals surface area contributed by atoms with Crippen molar-refractivity contribution >= 4 is 17.7 Å². The highest BCUT2D eigenvalue weighted by Crippen LogP contribution is 2.15. The number of urea groups is 1. The average Bonchev–Trinajstić information content (AvgIpc) is 2.65. The Balaban J connectivity index is 1.59. The molecule has 0 atom stereocenters. The van der Waals surface area contributed by atoms with Crippen molar-refractivity contribution < 1.29 is 14.3 Å². The highest BCUT2D eigenvalue weighted by Gasteiger charge is 2.24. The van der Waals surface area contributed by atoms with Crippen LogP contribution >= 0.6 is 0 Å². The van der Waals surface area contributed by atoms with Gasteiger partial charge in [0.25, 0.3) is 0 Å². The van der Waals surface area contributed by atoms with Gasteiger partial charge in [-0.1, -0.05) is 18.2 Å². The maximum absolute atomic E-state index is 12.0. The Labute approximate surface area is 162 Å². The number of carbonyl (C=O) groups excluding carboxylic acids is 2. The lowest BCUT2D eigenvalue weighted by Gasteiger charge is -2.36. The molecule has 0 aromatic heterocycles. The maximum Gasteiger partial charge on any atom is 0.315 e. The highest BCUT2D eigenvalue weighted by molar-refractivity contribution is 5.77. The normalized spacial score (nSPS) is 15.3. The zero-order valence-electron chi connectivity index (χ0n) is 16.7. The quantitative estimate of drug-likeness (QED) is 0.535. The fourth-order valence-electron chi connectivity index (χ4n) is 3.20. The van der Waals surface area contributed by atoms with Gasteiger partial charge in [-0.25, -0.2) is 4.79 Å². The van der Waals surface area contributed by atoms with Crippen molar-refractivity contribution in [3.63, 3.8) is 0 Å². The molecule has 0 radical (unpaired) electrons. The van der Waals surface area contributed by atoms with Crippen LogP contribution in [0.3, 0.4) is 0 Å².